The third-order valence-corrected chi connectivity index (χ3v) is 3.82. The second kappa shape index (κ2) is 5.99. The van der Waals surface area contributed by atoms with Crippen molar-refractivity contribution >= 4 is 34.3 Å². The fraction of sp³-hybridized carbons (Fsp3) is 0.250. The molecule has 0 saturated heterocycles. The van der Waals surface area contributed by atoms with Gasteiger partial charge in [-0.05, 0) is 13.0 Å². The fourth-order valence-electron chi connectivity index (χ4n) is 1.58. The summed E-state index contributed by atoms with van der Waals surface area (Å²) in [6.45, 7) is 2.64. The molecule has 0 spiro atoms. The Labute approximate surface area is 119 Å². The highest BCUT2D eigenvalue weighted by molar-refractivity contribution is 7.09. The topological polar surface area (TPSA) is 68.1 Å². The number of hydrogen-bond donors (Lipinski definition) is 1. The number of anilines is 1. The lowest BCUT2D eigenvalue weighted by atomic mass is 10.2. The smallest absolute Gasteiger partial charge is 0.271 e. The summed E-state index contributed by atoms with van der Waals surface area (Å²) in [5.41, 5.74) is 1.71. The summed E-state index contributed by atoms with van der Waals surface area (Å²) in [5.74, 6) is 0. The van der Waals surface area contributed by atoms with Crippen molar-refractivity contribution in [3.05, 3.63) is 49.4 Å². The van der Waals surface area contributed by atoms with E-state index in [0.717, 1.165) is 17.1 Å². The summed E-state index contributed by atoms with van der Waals surface area (Å²) in [7, 11) is 0. The van der Waals surface area contributed by atoms with Crippen LogP contribution in [0.15, 0.2) is 23.6 Å². The molecule has 0 aliphatic rings. The number of nitro benzene ring substituents is 1. The van der Waals surface area contributed by atoms with Gasteiger partial charge in [-0.15, -0.1) is 11.3 Å². The van der Waals surface area contributed by atoms with Crippen LogP contribution in [0, 0.1) is 17.0 Å². The number of aromatic nitrogens is 1. The van der Waals surface area contributed by atoms with Gasteiger partial charge in [-0.2, -0.15) is 0 Å². The quantitative estimate of drug-likeness (QED) is 0.675. The number of nitrogens with zero attached hydrogens (tertiary/aromatic N) is 2. The number of hydrogen-bond acceptors (Lipinski definition) is 5. The van der Waals surface area contributed by atoms with Crippen molar-refractivity contribution in [2.75, 3.05) is 11.9 Å². The Bertz CT molecular complexity index is 600. The summed E-state index contributed by atoms with van der Waals surface area (Å²) in [5, 5.41) is 17.2. The van der Waals surface area contributed by atoms with Crippen LogP contribution in [0.5, 0.6) is 0 Å². The van der Waals surface area contributed by atoms with E-state index >= 15 is 0 Å². The van der Waals surface area contributed by atoms with Gasteiger partial charge in [0.2, 0.25) is 0 Å². The summed E-state index contributed by atoms with van der Waals surface area (Å²) in [6.07, 6.45) is 0.797. The minimum Gasteiger partial charge on any atom is -0.383 e. The lowest BCUT2D eigenvalue weighted by Crippen LogP contribution is -2.05. The van der Waals surface area contributed by atoms with E-state index in [2.05, 4.69) is 10.3 Å². The molecule has 0 bridgehead atoms. The predicted octanol–water partition coefficient (Wildman–Crippen LogP) is 3.67. The highest BCUT2D eigenvalue weighted by Crippen LogP contribution is 2.26. The van der Waals surface area contributed by atoms with Crippen molar-refractivity contribution in [1.29, 1.82) is 0 Å². The molecule has 1 N–H and O–H groups in total. The lowest BCUT2D eigenvalue weighted by molar-refractivity contribution is -0.384. The van der Waals surface area contributed by atoms with Crippen molar-refractivity contribution in [3.8, 4) is 0 Å². The highest BCUT2D eigenvalue weighted by Gasteiger charge is 2.09. The van der Waals surface area contributed by atoms with E-state index in [9.17, 15) is 10.1 Å². The monoisotopic (exact) mass is 297 g/mol. The molecule has 100 valence electrons. The van der Waals surface area contributed by atoms with E-state index in [0.29, 0.717) is 17.3 Å². The molecule has 7 heteroatoms. The first-order chi connectivity index (χ1) is 9.06. The Balaban J connectivity index is 1.94. The molecule has 1 aromatic heterocycles. The van der Waals surface area contributed by atoms with E-state index in [-0.39, 0.29) is 5.69 Å². The molecule has 1 heterocycles. The van der Waals surface area contributed by atoms with Crippen LogP contribution >= 0.6 is 22.9 Å². The van der Waals surface area contributed by atoms with Crippen molar-refractivity contribution in [2.45, 2.75) is 13.3 Å². The lowest BCUT2D eigenvalue weighted by Gasteiger charge is -2.06. The molecular formula is C12H12ClN3O2S. The maximum atomic E-state index is 10.6. The Morgan fingerprint density at radius 1 is 1.53 bits per heavy atom. The zero-order valence-corrected chi connectivity index (χ0v) is 11.8. The molecule has 0 radical (unpaired) electrons. The minimum atomic E-state index is -0.464. The molecule has 5 nitrogen and oxygen atoms in total. The van der Waals surface area contributed by atoms with E-state index in [4.69, 9.17) is 11.6 Å². The molecule has 0 aliphatic carbocycles. The molecule has 0 unspecified atom stereocenters. The second-order valence-corrected chi connectivity index (χ2v) is 5.33. The third-order valence-electron chi connectivity index (χ3n) is 2.48. The van der Waals surface area contributed by atoms with Crippen LogP contribution < -0.4 is 5.32 Å². The second-order valence-electron chi connectivity index (χ2n) is 3.98. The zero-order valence-electron chi connectivity index (χ0n) is 10.2. The van der Waals surface area contributed by atoms with E-state index in [1.807, 2.05) is 12.3 Å². The van der Waals surface area contributed by atoms with Gasteiger partial charge in [-0.3, -0.25) is 10.1 Å². The molecule has 0 aliphatic heterocycles. The van der Waals surface area contributed by atoms with Crippen molar-refractivity contribution in [3.63, 3.8) is 0 Å². The predicted molar refractivity (Wildman–Crippen MR) is 77.2 cm³/mol. The fourth-order valence-corrected chi connectivity index (χ4v) is 2.60. The van der Waals surface area contributed by atoms with Crippen molar-refractivity contribution < 1.29 is 4.92 Å². The summed E-state index contributed by atoms with van der Waals surface area (Å²) in [4.78, 5) is 14.5. The largest absolute Gasteiger partial charge is 0.383 e. The van der Waals surface area contributed by atoms with Crippen molar-refractivity contribution in [1.82, 2.24) is 4.98 Å². The van der Waals surface area contributed by atoms with Crippen molar-refractivity contribution in [2.24, 2.45) is 0 Å². The minimum absolute atomic E-state index is 0.00824. The standard InChI is InChI=1S/C12H12ClN3O2S/c1-8-7-19-12(15-8)4-5-14-11-3-2-9(16(17)18)6-10(11)13/h2-3,6-7,14H,4-5H2,1H3. The van der Waals surface area contributed by atoms with Gasteiger partial charge in [-0.1, -0.05) is 11.6 Å². The van der Waals surface area contributed by atoms with Gasteiger partial charge in [0.15, 0.2) is 0 Å². The normalized spacial score (nSPS) is 10.4. The molecule has 2 rings (SSSR count). The SMILES string of the molecule is Cc1csc(CCNc2ccc([N+](=O)[O-])cc2Cl)n1. The van der Waals surface area contributed by atoms with Crippen LogP contribution in [0.3, 0.4) is 0 Å². The molecule has 0 saturated carbocycles. The van der Waals surface area contributed by atoms with Crippen LogP contribution in [0.2, 0.25) is 5.02 Å². The number of thiazole rings is 1. The van der Waals surface area contributed by atoms with Gasteiger partial charge in [0, 0.05) is 36.2 Å². The van der Waals surface area contributed by atoms with Crippen LogP contribution in [-0.2, 0) is 6.42 Å². The zero-order chi connectivity index (χ0) is 13.8. The molecule has 0 amide bonds. The average Bonchev–Trinajstić information content (AvgIpc) is 2.77. The summed E-state index contributed by atoms with van der Waals surface area (Å²) >= 11 is 7.60. The van der Waals surface area contributed by atoms with E-state index in [1.165, 1.54) is 12.1 Å². The number of aryl methyl sites for hydroxylation is 1. The Hall–Kier alpha value is -1.66. The average molecular weight is 298 g/mol. The molecule has 2 aromatic rings. The van der Waals surface area contributed by atoms with Gasteiger partial charge >= 0.3 is 0 Å². The van der Waals surface area contributed by atoms with Crippen LogP contribution in [0.25, 0.3) is 0 Å². The van der Waals surface area contributed by atoms with Gasteiger partial charge in [0.05, 0.1) is 20.6 Å². The third kappa shape index (κ3) is 3.65. The first-order valence-corrected chi connectivity index (χ1v) is 6.91. The number of benzene rings is 1. The van der Waals surface area contributed by atoms with E-state index < -0.39 is 4.92 Å². The summed E-state index contributed by atoms with van der Waals surface area (Å²) in [6, 6.07) is 4.40. The molecule has 0 atom stereocenters. The maximum Gasteiger partial charge on any atom is 0.271 e. The molecule has 1 aromatic carbocycles. The number of nitro groups is 1. The van der Waals surface area contributed by atoms with Crippen LogP contribution in [0.1, 0.15) is 10.7 Å². The highest BCUT2D eigenvalue weighted by atomic mass is 35.5. The number of halogens is 1. The molecular weight excluding hydrogens is 286 g/mol. The van der Waals surface area contributed by atoms with Gasteiger partial charge < -0.3 is 5.32 Å². The Morgan fingerprint density at radius 3 is 2.89 bits per heavy atom. The maximum absolute atomic E-state index is 10.6. The van der Waals surface area contributed by atoms with Gasteiger partial charge in [-0.25, -0.2) is 4.98 Å². The first kappa shape index (κ1) is 13.8. The van der Waals surface area contributed by atoms with Gasteiger partial charge in [0.1, 0.15) is 0 Å². The van der Waals surface area contributed by atoms with Crippen LogP contribution in [-0.4, -0.2) is 16.5 Å². The van der Waals surface area contributed by atoms with Gasteiger partial charge in [0.25, 0.3) is 5.69 Å². The molecule has 0 fully saturated rings. The Morgan fingerprint density at radius 2 is 2.32 bits per heavy atom. The Kier molecular flexibility index (Phi) is 4.34. The van der Waals surface area contributed by atoms with Crippen LogP contribution in [0.4, 0.5) is 11.4 Å². The number of non-ortho nitro benzene ring substituents is 1. The van der Waals surface area contributed by atoms with E-state index in [1.54, 1.807) is 17.4 Å². The summed E-state index contributed by atoms with van der Waals surface area (Å²) < 4.78 is 0. The first-order valence-electron chi connectivity index (χ1n) is 5.65. The molecule has 19 heavy (non-hydrogen) atoms. The number of nitrogens with one attached hydrogen (secondary N) is 1. The number of rotatable bonds is 5.